The van der Waals surface area contributed by atoms with E-state index in [0.717, 1.165) is 16.5 Å². The highest BCUT2D eigenvalue weighted by atomic mass is 16.5. The summed E-state index contributed by atoms with van der Waals surface area (Å²) in [7, 11) is 4.75. The summed E-state index contributed by atoms with van der Waals surface area (Å²) < 4.78 is 16.6. The fourth-order valence-corrected chi connectivity index (χ4v) is 4.47. The molecule has 0 saturated carbocycles. The van der Waals surface area contributed by atoms with Crippen LogP contribution < -0.4 is 14.2 Å². The lowest BCUT2D eigenvalue weighted by Gasteiger charge is -2.21. The minimum absolute atomic E-state index is 0.0872. The third kappa shape index (κ3) is 3.15. The highest BCUT2D eigenvalue weighted by Gasteiger charge is 2.26. The third-order valence-corrected chi connectivity index (χ3v) is 6.01. The molecule has 162 valence electrons. The van der Waals surface area contributed by atoms with Crippen molar-refractivity contribution in [2.45, 2.75) is 13.1 Å². The van der Waals surface area contributed by atoms with E-state index >= 15 is 0 Å². The van der Waals surface area contributed by atoms with E-state index in [1.165, 1.54) is 11.1 Å². The molecule has 6 nitrogen and oxygen atoms in total. The quantitative estimate of drug-likeness (QED) is 0.496. The number of ether oxygens (including phenoxy) is 3. The van der Waals surface area contributed by atoms with Gasteiger partial charge in [0.1, 0.15) is 11.4 Å². The van der Waals surface area contributed by atoms with Crippen LogP contribution in [0.1, 0.15) is 21.6 Å². The molecule has 0 spiro atoms. The van der Waals surface area contributed by atoms with Crippen LogP contribution in [0.25, 0.3) is 22.0 Å². The van der Waals surface area contributed by atoms with Crippen molar-refractivity contribution in [3.05, 3.63) is 77.5 Å². The van der Waals surface area contributed by atoms with Gasteiger partial charge in [0.05, 0.1) is 26.8 Å². The highest BCUT2D eigenvalue weighted by Crippen LogP contribution is 2.42. The number of aromatic amines is 1. The van der Waals surface area contributed by atoms with Crippen molar-refractivity contribution in [2.75, 3.05) is 21.3 Å². The summed E-state index contributed by atoms with van der Waals surface area (Å²) in [6.45, 7) is 1.05. The zero-order valence-electron chi connectivity index (χ0n) is 18.3. The van der Waals surface area contributed by atoms with Gasteiger partial charge >= 0.3 is 0 Å². The molecule has 0 saturated heterocycles. The fourth-order valence-electron chi connectivity index (χ4n) is 4.47. The minimum Gasteiger partial charge on any atom is -0.496 e. The number of fused-ring (bicyclic) bond motifs is 4. The normalized spacial score (nSPS) is 12.7. The Kier molecular flexibility index (Phi) is 4.98. The maximum absolute atomic E-state index is 13.7. The Morgan fingerprint density at radius 3 is 1.97 bits per heavy atom. The summed E-state index contributed by atoms with van der Waals surface area (Å²) in [5, 5.41) is 0.768. The minimum atomic E-state index is -0.0872. The van der Waals surface area contributed by atoms with E-state index in [1.54, 1.807) is 27.4 Å². The SMILES string of the molecule is COc1cc(OC)c2cc(C(=O)N3Cc4ccccc4-c4ccccc4C3)[nH]c2c1OC. The molecule has 0 radical (unpaired) electrons. The number of benzene rings is 3. The predicted octanol–water partition coefficient (Wildman–Crippen LogP) is 5.02. The predicted molar refractivity (Wildman–Crippen MR) is 123 cm³/mol. The number of rotatable bonds is 4. The number of amides is 1. The molecule has 4 aromatic rings. The number of hydrogen-bond acceptors (Lipinski definition) is 4. The largest absolute Gasteiger partial charge is 0.496 e. The van der Waals surface area contributed by atoms with Crippen LogP contribution in [-0.4, -0.2) is 37.1 Å². The van der Waals surface area contributed by atoms with E-state index in [2.05, 4.69) is 29.2 Å². The van der Waals surface area contributed by atoms with Gasteiger partial charge in [-0.2, -0.15) is 0 Å². The number of hydrogen-bond donors (Lipinski definition) is 1. The van der Waals surface area contributed by atoms with E-state index in [0.29, 0.717) is 41.5 Å². The average Bonchev–Trinajstić information content (AvgIpc) is 3.20. The summed E-state index contributed by atoms with van der Waals surface area (Å²) in [4.78, 5) is 18.8. The fraction of sp³-hybridized carbons (Fsp3) is 0.192. The van der Waals surface area contributed by atoms with E-state index < -0.39 is 0 Å². The maximum Gasteiger partial charge on any atom is 0.270 e. The Morgan fingerprint density at radius 1 is 0.812 bits per heavy atom. The van der Waals surface area contributed by atoms with Crippen molar-refractivity contribution in [3.63, 3.8) is 0 Å². The molecule has 5 rings (SSSR count). The number of nitrogens with one attached hydrogen (secondary N) is 1. The van der Waals surface area contributed by atoms with Gasteiger partial charge < -0.3 is 24.1 Å². The van der Waals surface area contributed by atoms with E-state index in [1.807, 2.05) is 35.2 Å². The summed E-state index contributed by atoms with van der Waals surface area (Å²) in [5.74, 6) is 1.60. The van der Waals surface area contributed by atoms with Crippen molar-refractivity contribution in [1.29, 1.82) is 0 Å². The molecule has 1 N–H and O–H groups in total. The van der Waals surface area contributed by atoms with E-state index in [-0.39, 0.29) is 5.91 Å². The average molecular weight is 428 g/mol. The molecule has 6 heteroatoms. The molecule has 1 aliphatic heterocycles. The van der Waals surface area contributed by atoms with Crippen LogP contribution in [0.3, 0.4) is 0 Å². The highest BCUT2D eigenvalue weighted by molar-refractivity contribution is 6.02. The van der Waals surface area contributed by atoms with Crippen LogP contribution in [0, 0.1) is 0 Å². The molecule has 1 amide bonds. The zero-order valence-corrected chi connectivity index (χ0v) is 18.3. The monoisotopic (exact) mass is 428 g/mol. The lowest BCUT2D eigenvalue weighted by molar-refractivity contribution is 0.0727. The van der Waals surface area contributed by atoms with Gasteiger partial charge in [-0.15, -0.1) is 0 Å². The first-order chi connectivity index (χ1) is 15.6. The number of H-pyrrole nitrogens is 1. The van der Waals surface area contributed by atoms with Crippen LogP contribution in [0.15, 0.2) is 60.7 Å². The molecule has 32 heavy (non-hydrogen) atoms. The van der Waals surface area contributed by atoms with Crippen LogP contribution in [0.4, 0.5) is 0 Å². The van der Waals surface area contributed by atoms with Crippen molar-refractivity contribution >= 4 is 16.8 Å². The Morgan fingerprint density at radius 2 is 1.41 bits per heavy atom. The lowest BCUT2D eigenvalue weighted by atomic mass is 9.97. The van der Waals surface area contributed by atoms with Crippen molar-refractivity contribution in [3.8, 4) is 28.4 Å². The Hall–Kier alpha value is -3.93. The summed E-state index contributed by atoms with van der Waals surface area (Å²) in [5.41, 5.74) is 5.73. The van der Waals surface area contributed by atoms with Gasteiger partial charge in [0.25, 0.3) is 5.91 Å². The van der Waals surface area contributed by atoms with Crippen LogP contribution in [0.5, 0.6) is 17.2 Å². The summed E-state index contributed by atoms with van der Waals surface area (Å²) in [6, 6.07) is 20.1. The topological polar surface area (TPSA) is 63.8 Å². The first kappa shape index (κ1) is 20.0. The first-order valence-corrected chi connectivity index (χ1v) is 10.4. The molecule has 1 aliphatic rings. The molecule has 0 bridgehead atoms. The van der Waals surface area contributed by atoms with E-state index in [4.69, 9.17) is 14.2 Å². The lowest BCUT2D eigenvalue weighted by Crippen LogP contribution is -2.29. The Bertz CT molecular complexity index is 1280. The van der Waals surface area contributed by atoms with E-state index in [9.17, 15) is 4.79 Å². The standard InChI is InChI=1S/C26H24N2O4/c1-30-22-13-23(31-2)25(32-3)24-20(22)12-21(27-24)26(29)28-14-16-8-4-6-10-18(16)19-11-7-5-9-17(19)15-28/h4-13,27H,14-15H2,1-3H3. The Labute approximate surface area is 186 Å². The summed E-state index contributed by atoms with van der Waals surface area (Å²) >= 11 is 0. The molecule has 0 aliphatic carbocycles. The number of carbonyl (C=O) groups is 1. The van der Waals surface area contributed by atoms with Gasteiger partial charge in [-0.25, -0.2) is 0 Å². The van der Waals surface area contributed by atoms with Crippen LogP contribution in [-0.2, 0) is 13.1 Å². The van der Waals surface area contributed by atoms with Gasteiger partial charge in [-0.1, -0.05) is 48.5 Å². The molecular weight excluding hydrogens is 404 g/mol. The van der Waals surface area contributed by atoms with Crippen molar-refractivity contribution in [1.82, 2.24) is 9.88 Å². The van der Waals surface area contributed by atoms with Crippen LogP contribution >= 0.6 is 0 Å². The molecule has 2 heterocycles. The van der Waals surface area contributed by atoms with Gasteiger partial charge in [-0.3, -0.25) is 4.79 Å². The second kappa shape index (κ2) is 7.96. The van der Waals surface area contributed by atoms with Gasteiger partial charge in [0.15, 0.2) is 11.5 Å². The molecule has 1 aromatic heterocycles. The Balaban J connectivity index is 1.60. The molecule has 3 aromatic carbocycles. The number of aromatic nitrogens is 1. The second-order valence-corrected chi connectivity index (χ2v) is 7.76. The number of nitrogens with zero attached hydrogens (tertiary/aromatic N) is 1. The maximum atomic E-state index is 13.7. The summed E-state index contributed by atoms with van der Waals surface area (Å²) in [6.07, 6.45) is 0. The molecule has 0 atom stereocenters. The third-order valence-electron chi connectivity index (χ3n) is 6.01. The van der Waals surface area contributed by atoms with Gasteiger partial charge in [0.2, 0.25) is 0 Å². The number of methoxy groups -OCH3 is 3. The molecule has 0 unspecified atom stereocenters. The first-order valence-electron chi connectivity index (χ1n) is 10.4. The smallest absolute Gasteiger partial charge is 0.270 e. The van der Waals surface area contributed by atoms with Gasteiger partial charge in [0, 0.05) is 24.5 Å². The molecular formula is C26H24N2O4. The van der Waals surface area contributed by atoms with Gasteiger partial charge in [-0.05, 0) is 28.3 Å². The van der Waals surface area contributed by atoms with Crippen molar-refractivity contribution < 1.29 is 19.0 Å². The number of carbonyl (C=O) groups excluding carboxylic acids is 1. The zero-order chi connectivity index (χ0) is 22.2. The van der Waals surface area contributed by atoms with Crippen molar-refractivity contribution in [2.24, 2.45) is 0 Å². The molecule has 0 fully saturated rings. The second-order valence-electron chi connectivity index (χ2n) is 7.76. The van der Waals surface area contributed by atoms with Crippen LogP contribution in [0.2, 0.25) is 0 Å².